The van der Waals surface area contributed by atoms with Crippen LogP contribution in [0.15, 0.2) is 39.1 Å². The van der Waals surface area contributed by atoms with Gasteiger partial charge in [-0.3, -0.25) is 0 Å². The van der Waals surface area contributed by atoms with Crippen molar-refractivity contribution in [2.45, 2.75) is 4.90 Å². The second-order valence-corrected chi connectivity index (χ2v) is 3.84. The molecule has 1 heterocycles. The first-order chi connectivity index (χ1) is 6.75. The van der Waals surface area contributed by atoms with Crippen molar-refractivity contribution in [3.63, 3.8) is 0 Å². The van der Waals surface area contributed by atoms with Crippen molar-refractivity contribution in [2.75, 3.05) is 5.75 Å². The maximum absolute atomic E-state index is 5.28. The zero-order valence-electron chi connectivity index (χ0n) is 7.47. The molecule has 1 aliphatic rings. The minimum Gasteiger partial charge on any atom is -0.370 e. The van der Waals surface area contributed by atoms with E-state index in [2.05, 4.69) is 9.98 Å². The van der Waals surface area contributed by atoms with Crippen LogP contribution in [0.2, 0.25) is 0 Å². The van der Waals surface area contributed by atoms with Crippen LogP contribution in [0.4, 0.5) is 5.69 Å². The van der Waals surface area contributed by atoms with E-state index < -0.39 is 0 Å². The molecule has 0 radical (unpaired) electrons. The van der Waals surface area contributed by atoms with Gasteiger partial charge in [0.25, 0.3) is 0 Å². The lowest BCUT2D eigenvalue weighted by atomic mass is 10.3. The van der Waals surface area contributed by atoms with Crippen molar-refractivity contribution in [3.05, 3.63) is 24.3 Å². The number of hydrogen-bond acceptors (Lipinski definition) is 3. The van der Waals surface area contributed by atoms with Crippen molar-refractivity contribution in [2.24, 2.45) is 21.5 Å². The van der Waals surface area contributed by atoms with E-state index >= 15 is 0 Å². The van der Waals surface area contributed by atoms with E-state index in [0.29, 0.717) is 5.84 Å². The van der Waals surface area contributed by atoms with Crippen LogP contribution in [0.3, 0.4) is 0 Å². The highest BCUT2D eigenvalue weighted by Gasteiger charge is 2.10. The molecule has 0 saturated heterocycles. The average molecular weight is 206 g/mol. The molecule has 2 rings (SSSR count). The summed E-state index contributed by atoms with van der Waals surface area (Å²) in [5.41, 5.74) is 11.5. The summed E-state index contributed by atoms with van der Waals surface area (Å²) in [6.45, 7) is 0. The van der Waals surface area contributed by atoms with Gasteiger partial charge in [0.15, 0.2) is 5.96 Å². The number of nitrogens with zero attached hydrogens (tertiary/aromatic N) is 2. The van der Waals surface area contributed by atoms with Crippen LogP contribution < -0.4 is 11.5 Å². The van der Waals surface area contributed by atoms with Gasteiger partial charge in [-0.05, 0) is 12.1 Å². The van der Waals surface area contributed by atoms with E-state index in [0.717, 1.165) is 11.4 Å². The fraction of sp³-hybridized carbons (Fsp3) is 0.111. The van der Waals surface area contributed by atoms with Gasteiger partial charge >= 0.3 is 0 Å². The number of thioether (sulfide) groups is 1. The van der Waals surface area contributed by atoms with Crippen LogP contribution in [0.25, 0.3) is 0 Å². The molecule has 5 heteroatoms. The van der Waals surface area contributed by atoms with Crippen LogP contribution in [-0.2, 0) is 0 Å². The van der Waals surface area contributed by atoms with Crippen LogP contribution in [0.1, 0.15) is 0 Å². The van der Waals surface area contributed by atoms with E-state index in [4.69, 9.17) is 11.5 Å². The summed E-state index contributed by atoms with van der Waals surface area (Å²) >= 11 is 1.69. The summed E-state index contributed by atoms with van der Waals surface area (Å²) < 4.78 is 0. The van der Waals surface area contributed by atoms with Gasteiger partial charge in [0.05, 0.1) is 11.4 Å². The normalized spacial score (nSPS) is 14.1. The summed E-state index contributed by atoms with van der Waals surface area (Å²) in [5, 5.41) is 0. The molecular formula is C9H10N4S. The van der Waals surface area contributed by atoms with Gasteiger partial charge in [-0.25, -0.2) is 4.99 Å². The number of amidine groups is 1. The molecule has 4 N–H and O–H groups in total. The van der Waals surface area contributed by atoms with Gasteiger partial charge in [0.1, 0.15) is 5.84 Å². The summed E-state index contributed by atoms with van der Waals surface area (Å²) in [5.74, 6) is 1.45. The number of guanidine groups is 1. The van der Waals surface area contributed by atoms with Gasteiger partial charge in [-0.2, -0.15) is 4.99 Å². The Morgan fingerprint density at radius 1 is 1.36 bits per heavy atom. The zero-order valence-corrected chi connectivity index (χ0v) is 8.29. The highest BCUT2D eigenvalue weighted by Crippen LogP contribution is 2.33. The highest BCUT2D eigenvalue weighted by atomic mass is 32.2. The van der Waals surface area contributed by atoms with Crippen molar-refractivity contribution < 1.29 is 0 Å². The van der Waals surface area contributed by atoms with Gasteiger partial charge < -0.3 is 11.5 Å². The van der Waals surface area contributed by atoms with Crippen molar-refractivity contribution in [1.29, 1.82) is 0 Å². The van der Waals surface area contributed by atoms with Crippen LogP contribution in [0.5, 0.6) is 0 Å². The Morgan fingerprint density at radius 2 is 2.14 bits per heavy atom. The summed E-state index contributed by atoms with van der Waals surface area (Å²) in [7, 11) is 0. The molecule has 72 valence electrons. The number of fused-ring (bicyclic) bond motifs is 1. The fourth-order valence-corrected chi connectivity index (χ4v) is 2.04. The van der Waals surface area contributed by atoms with Gasteiger partial charge in [-0.15, -0.1) is 11.8 Å². The first-order valence-corrected chi connectivity index (χ1v) is 5.13. The molecule has 4 nitrogen and oxygen atoms in total. The predicted octanol–water partition coefficient (Wildman–Crippen LogP) is 1.10. The smallest absolute Gasteiger partial charge is 0.192 e. The molecule has 1 aromatic carbocycles. The second-order valence-electron chi connectivity index (χ2n) is 2.82. The Labute approximate surface area is 86.1 Å². The predicted molar refractivity (Wildman–Crippen MR) is 60.1 cm³/mol. The molecule has 0 aromatic heterocycles. The van der Waals surface area contributed by atoms with Crippen LogP contribution >= 0.6 is 11.8 Å². The number of hydrogen-bond donors (Lipinski definition) is 2. The number of para-hydroxylation sites is 1. The molecule has 1 aliphatic heterocycles. The van der Waals surface area contributed by atoms with E-state index in [1.807, 2.05) is 24.3 Å². The van der Waals surface area contributed by atoms with Gasteiger partial charge in [0.2, 0.25) is 0 Å². The molecule has 0 unspecified atom stereocenters. The van der Waals surface area contributed by atoms with Crippen LogP contribution in [0, 0.1) is 0 Å². The van der Waals surface area contributed by atoms with Crippen molar-refractivity contribution in [3.8, 4) is 0 Å². The second kappa shape index (κ2) is 3.71. The third kappa shape index (κ3) is 1.88. The van der Waals surface area contributed by atoms with E-state index in [1.165, 1.54) is 4.90 Å². The topological polar surface area (TPSA) is 76.8 Å². The molecule has 0 spiro atoms. The number of benzene rings is 1. The first kappa shape index (κ1) is 9.08. The van der Waals surface area contributed by atoms with E-state index in [1.54, 1.807) is 11.8 Å². The molecule has 0 aliphatic carbocycles. The fourth-order valence-electron chi connectivity index (χ4n) is 1.19. The minimum atomic E-state index is 0.0590. The third-order valence-corrected chi connectivity index (χ3v) is 2.79. The summed E-state index contributed by atoms with van der Waals surface area (Å²) in [6, 6.07) is 7.92. The first-order valence-electron chi connectivity index (χ1n) is 4.15. The molecule has 0 amide bonds. The number of aliphatic imine (C=N–C) groups is 2. The molecular weight excluding hydrogens is 196 g/mol. The largest absolute Gasteiger partial charge is 0.370 e. The van der Waals surface area contributed by atoms with E-state index in [-0.39, 0.29) is 5.96 Å². The van der Waals surface area contributed by atoms with Crippen LogP contribution in [-0.4, -0.2) is 17.5 Å². The lowest BCUT2D eigenvalue weighted by Gasteiger charge is -2.11. The number of nitrogens with two attached hydrogens (primary N) is 2. The molecule has 0 bridgehead atoms. The summed E-state index contributed by atoms with van der Waals surface area (Å²) in [4.78, 5) is 9.44. The SMILES string of the molecule is NC(N)=NC1=Nc2ccccc2SC1. The Kier molecular flexibility index (Phi) is 2.41. The Bertz CT molecular complexity index is 407. The van der Waals surface area contributed by atoms with Crippen molar-refractivity contribution >= 4 is 29.2 Å². The minimum absolute atomic E-state index is 0.0590. The maximum Gasteiger partial charge on any atom is 0.192 e. The Hall–Kier alpha value is -1.49. The van der Waals surface area contributed by atoms with Gasteiger partial charge in [0, 0.05) is 4.90 Å². The third-order valence-electron chi connectivity index (χ3n) is 1.73. The monoisotopic (exact) mass is 206 g/mol. The molecule has 0 saturated carbocycles. The lowest BCUT2D eigenvalue weighted by molar-refractivity contribution is 1.32. The zero-order chi connectivity index (χ0) is 9.97. The Morgan fingerprint density at radius 3 is 2.93 bits per heavy atom. The molecule has 0 fully saturated rings. The molecule has 14 heavy (non-hydrogen) atoms. The Balaban J connectivity index is 2.36. The van der Waals surface area contributed by atoms with Gasteiger partial charge in [-0.1, -0.05) is 12.1 Å². The lowest BCUT2D eigenvalue weighted by Crippen LogP contribution is -2.25. The molecule has 1 aromatic rings. The standard InChI is InChI=1S/C9H10N4S/c10-9(11)13-8-5-14-7-4-2-1-3-6(7)12-8/h1-4H,5H2,(H4,10,11,12,13). The quantitative estimate of drug-likeness (QED) is 0.493. The van der Waals surface area contributed by atoms with E-state index in [9.17, 15) is 0 Å². The summed E-state index contributed by atoms with van der Waals surface area (Å²) in [6.07, 6.45) is 0. The average Bonchev–Trinajstić information content (AvgIpc) is 2.17. The number of rotatable bonds is 0. The maximum atomic E-state index is 5.28. The highest BCUT2D eigenvalue weighted by molar-refractivity contribution is 8.00. The van der Waals surface area contributed by atoms with Crippen molar-refractivity contribution in [1.82, 2.24) is 0 Å². The molecule has 0 atom stereocenters.